The van der Waals surface area contributed by atoms with Crippen molar-refractivity contribution in [3.8, 4) is 0 Å². The second-order valence-corrected chi connectivity index (χ2v) is 4.53. The highest BCUT2D eigenvalue weighted by Crippen LogP contribution is 2.35. The van der Waals surface area contributed by atoms with Gasteiger partial charge in [0.25, 0.3) is 0 Å². The number of halogens is 1. The largest absolute Gasteiger partial charge is 0.480 e. The first-order valence-corrected chi connectivity index (χ1v) is 5.70. The van der Waals surface area contributed by atoms with Gasteiger partial charge in [0.1, 0.15) is 0 Å². The molecule has 1 atom stereocenters. The van der Waals surface area contributed by atoms with Crippen molar-refractivity contribution in [1.82, 2.24) is 5.32 Å². The lowest BCUT2D eigenvalue weighted by atomic mass is 10.1. The fraction of sp³-hybridized carbons (Fsp3) is 0.364. The fourth-order valence-corrected chi connectivity index (χ4v) is 2.61. The van der Waals surface area contributed by atoms with Gasteiger partial charge < -0.3 is 10.4 Å². The summed E-state index contributed by atoms with van der Waals surface area (Å²) in [7, 11) is 0. The van der Waals surface area contributed by atoms with Crippen molar-refractivity contribution < 1.29 is 9.90 Å². The van der Waals surface area contributed by atoms with Crippen molar-refractivity contribution in [1.29, 1.82) is 0 Å². The summed E-state index contributed by atoms with van der Waals surface area (Å²) in [4.78, 5) is 10.5. The third-order valence-corrected chi connectivity index (χ3v) is 3.46. The summed E-state index contributed by atoms with van der Waals surface area (Å²) in [6.07, 6.45) is 1.99. The second-order valence-electron chi connectivity index (χ2n) is 3.67. The number of carbonyl (C=O) groups is 1. The van der Waals surface area contributed by atoms with E-state index in [1.807, 2.05) is 12.1 Å². The number of carboxylic acid groups (broad SMARTS) is 1. The third kappa shape index (κ3) is 2.21. The molecule has 0 spiro atoms. The van der Waals surface area contributed by atoms with Gasteiger partial charge in [-0.05, 0) is 30.0 Å². The first-order valence-electron chi connectivity index (χ1n) is 4.91. The van der Waals surface area contributed by atoms with Crippen LogP contribution in [0, 0.1) is 0 Å². The molecule has 0 aromatic heterocycles. The number of benzene rings is 1. The molecular formula is C11H12BrNO2. The number of hydrogen-bond donors (Lipinski definition) is 2. The standard InChI is InChI=1S/C11H12BrNO2/c12-9-3-1-2-8-7(9)4-5-10(8)13-6-11(14)15/h1-3,10,13H,4-6H2,(H,14,15). The Labute approximate surface area is 96.6 Å². The Morgan fingerprint density at radius 2 is 2.40 bits per heavy atom. The van der Waals surface area contributed by atoms with E-state index in [-0.39, 0.29) is 12.6 Å². The Kier molecular flexibility index (Phi) is 3.07. The van der Waals surface area contributed by atoms with Crippen LogP contribution in [0.5, 0.6) is 0 Å². The van der Waals surface area contributed by atoms with Gasteiger partial charge in [0.15, 0.2) is 0 Å². The van der Waals surface area contributed by atoms with Crippen LogP contribution in [0.2, 0.25) is 0 Å². The van der Waals surface area contributed by atoms with Gasteiger partial charge in [0, 0.05) is 10.5 Å². The first-order chi connectivity index (χ1) is 7.18. The minimum atomic E-state index is -0.807. The van der Waals surface area contributed by atoms with E-state index >= 15 is 0 Å². The quantitative estimate of drug-likeness (QED) is 0.884. The molecule has 1 unspecified atom stereocenters. The third-order valence-electron chi connectivity index (χ3n) is 2.71. The molecule has 0 bridgehead atoms. The summed E-state index contributed by atoms with van der Waals surface area (Å²) < 4.78 is 1.12. The summed E-state index contributed by atoms with van der Waals surface area (Å²) in [5.41, 5.74) is 2.53. The van der Waals surface area contributed by atoms with Gasteiger partial charge in [-0.25, -0.2) is 0 Å². The summed E-state index contributed by atoms with van der Waals surface area (Å²) in [6.45, 7) is 0.0244. The monoisotopic (exact) mass is 269 g/mol. The SMILES string of the molecule is O=C(O)CNC1CCc2c(Br)cccc21. The number of aliphatic carboxylic acids is 1. The van der Waals surface area contributed by atoms with E-state index in [0.29, 0.717) is 0 Å². The normalized spacial score (nSPS) is 18.9. The lowest BCUT2D eigenvalue weighted by molar-refractivity contribution is -0.136. The van der Waals surface area contributed by atoms with Crippen LogP contribution >= 0.6 is 15.9 Å². The van der Waals surface area contributed by atoms with Crippen LogP contribution in [0.15, 0.2) is 22.7 Å². The van der Waals surface area contributed by atoms with Gasteiger partial charge in [-0.1, -0.05) is 28.1 Å². The van der Waals surface area contributed by atoms with E-state index in [1.165, 1.54) is 11.1 Å². The molecule has 1 aromatic rings. The molecule has 0 saturated carbocycles. The predicted octanol–water partition coefficient (Wildman–Crippen LogP) is 2.11. The van der Waals surface area contributed by atoms with Gasteiger partial charge in [-0.3, -0.25) is 4.79 Å². The van der Waals surface area contributed by atoms with Crippen LogP contribution in [0.1, 0.15) is 23.6 Å². The first kappa shape index (κ1) is 10.6. The molecule has 0 heterocycles. The topological polar surface area (TPSA) is 49.3 Å². The molecule has 4 heteroatoms. The van der Waals surface area contributed by atoms with Crippen LogP contribution in [0.25, 0.3) is 0 Å². The molecule has 0 fully saturated rings. The average molecular weight is 270 g/mol. The minimum absolute atomic E-state index is 0.0244. The average Bonchev–Trinajstić information content (AvgIpc) is 2.59. The lowest BCUT2D eigenvalue weighted by Crippen LogP contribution is -2.25. The van der Waals surface area contributed by atoms with Crippen LogP contribution in [-0.2, 0) is 11.2 Å². The minimum Gasteiger partial charge on any atom is -0.480 e. The molecule has 1 aliphatic carbocycles. The van der Waals surface area contributed by atoms with Gasteiger partial charge in [0.2, 0.25) is 0 Å². The molecule has 0 radical (unpaired) electrons. The van der Waals surface area contributed by atoms with E-state index in [0.717, 1.165) is 17.3 Å². The van der Waals surface area contributed by atoms with Crippen molar-refractivity contribution in [2.24, 2.45) is 0 Å². The van der Waals surface area contributed by atoms with Gasteiger partial charge in [-0.2, -0.15) is 0 Å². The predicted molar refractivity (Wildman–Crippen MR) is 60.8 cm³/mol. The number of rotatable bonds is 3. The zero-order valence-corrected chi connectivity index (χ0v) is 9.75. The van der Waals surface area contributed by atoms with E-state index in [2.05, 4.69) is 27.3 Å². The van der Waals surface area contributed by atoms with Crippen molar-refractivity contribution >= 4 is 21.9 Å². The molecule has 2 N–H and O–H groups in total. The Morgan fingerprint density at radius 1 is 1.60 bits per heavy atom. The molecule has 0 saturated heterocycles. The Balaban J connectivity index is 2.14. The number of nitrogens with one attached hydrogen (secondary N) is 1. The van der Waals surface area contributed by atoms with Crippen molar-refractivity contribution in [3.63, 3.8) is 0 Å². The van der Waals surface area contributed by atoms with Gasteiger partial charge in [0.05, 0.1) is 6.54 Å². The van der Waals surface area contributed by atoms with Crippen LogP contribution in [-0.4, -0.2) is 17.6 Å². The molecule has 2 rings (SSSR count). The molecule has 15 heavy (non-hydrogen) atoms. The molecule has 1 aliphatic rings. The molecule has 0 aliphatic heterocycles. The zero-order chi connectivity index (χ0) is 10.8. The van der Waals surface area contributed by atoms with E-state index in [9.17, 15) is 4.79 Å². The number of carboxylic acids is 1. The number of fused-ring (bicyclic) bond motifs is 1. The van der Waals surface area contributed by atoms with Crippen molar-refractivity contribution in [2.75, 3.05) is 6.54 Å². The number of hydrogen-bond acceptors (Lipinski definition) is 2. The van der Waals surface area contributed by atoms with Crippen LogP contribution in [0.3, 0.4) is 0 Å². The molecule has 80 valence electrons. The van der Waals surface area contributed by atoms with Gasteiger partial charge in [-0.15, -0.1) is 0 Å². The smallest absolute Gasteiger partial charge is 0.317 e. The molecule has 1 aromatic carbocycles. The lowest BCUT2D eigenvalue weighted by Gasteiger charge is -2.12. The summed E-state index contributed by atoms with van der Waals surface area (Å²) in [6, 6.07) is 6.27. The molecular weight excluding hydrogens is 258 g/mol. The van der Waals surface area contributed by atoms with E-state index in [4.69, 9.17) is 5.11 Å². The Hall–Kier alpha value is -0.870. The van der Waals surface area contributed by atoms with E-state index < -0.39 is 5.97 Å². The molecule has 0 amide bonds. The fourth-order valence-electron chi connectivity index (χ4n) is 2.03. The maximum absolute atomic E-state index is 10.5. The van der Waals surface area contributed by atoms with Gasteiger partial charge >= 0.3 is 5.97 Å². The summed E-state index contributed by atoms with van der Waals surface area (Å²) in [5.74, 6) is -0.807. The zero-order valence-electron chi connectivity index (χ0n) is 8.16. The second kappa shape index (κ2) is 4.33. The Bertz CT molecular complexity index is 392. The highest BCUT2D eigenvalue weighted by atomic mass is 79.9. The maximum Gasteiger partial charge on any atom is 0.317 e. The van der Waals surface area contributed by atoms with Crippen molar-refractivity contribution in [2.45, 2.75) is 18.9 Å². The Morgan fingerprint density at radius 3 is 3.13 bits per heavy atom. The van der Waals surface area contributed by atoms with E-state index in [1.54, 1.807) is 0 Å². The summed E-state index contributed by atoms with van der Waals surface area (Å²) in [5, 5.41) is 11.6. The maximum atomic E-state index is 10.5. The highest BCUT2D eigenvalue weighted by molar-refractivity contribution is 9.10. The van der Waals surface area contributed by atoms with Crippen LogP contribution in [0.4, 0.5) is 0 Å². The van der Waals surface area contributed by atoms with Crippen LogP contribution < -0.4 is 5.32 Å². The summed E-state index contributed by atoms with van der Waals surface area (Å²) >= 11 is 3.51. The highest BCUT2D eigenvalue weighted by Gasteiger charge is 2.23. The molecule has 3 nitrogen and oxygen atoms in total. The van der Waals surface area contributed by atoms with Crippen molar-refractivity contribution in [3.05, 3.63) is 33.8 Å².